The van der Waals surface area contributed by atoms with Crippen LogP contribution in [0.3, 0.4) is 0 Å². The monoisotopic (exact) mass is 423 g/mol. The van der Waals surface area contributed by atoms with Gasteiger partial charge in [0.05, 0.1) is 12.7 Å². The average molecular weight is 424 g/mol. The molecule has 0 bridgehead atoms. The van der Waals surface area contributed by atoms with Crippen molar-refractivity contribution in [2.24, 2.45) is 0 Å². The van der Waals surface area contributed by atoms with E-state index in [1.165, 1.54) is 6.39 Å². The molecule has 0 radical (unpaired) electrons. The molecule has 0 aliphatic rings. The summed E-state index contributed by atoms with van der Waals surface area (Å²) in [5.41, 5.74) is 2.44. The number of rotatable bonds is 5. The first-order valence-corrected chi connectivity index (χ1v) is 8.91. The van der Waals surface area contributed by atoms with Crippen molar-refractivity contribution >= 4 is 27.8 Å². The number of benzene rings is 2. The molecule has 4 rings (SSSR count). The van der Waals surface area contributed by atoms with E-state index in [9.17, 15) is 4.79 Å². The smallest absolute Gasteiger partial charge is 0.258 e. The van der Waals surface area contributed by atoms with Crippen LogP contribution in [0.25, 0.3) is 11.3 Å². The Kier molecular flexibility index (Phi) is 4.80. The minimum absolute atomic E-state index is 0.261. The molecule has 1 amide bonds. The molecule has 0 saturated heterocycles. The van der Waals surface area contributed by atoms with Crippen molar-refractivity contribution in [3.05, 3.63) is 83.0 Å². The highest BCUT2D eigenvalue weighted by Crippen LogP contribution is 2.19. The molecule has 2 heterocycles. The maximum absolute atomic E-state index is 12.4. The van der Waals surface area contributed by atoms with Gasteiger partial charge in [-0.1, -0.05) is 40.2 Å². The van der Waals surface area contributed by atoms with Crippen molar-refractivity contribution in [1.82, 2.24) is 19.7 Å². The summed E-state index contributed by atoms with van der Waals surface area (Å²) >= 11 is 3.41. The van der Waals surface area contributed by atoms with Crippen molar-refractivity contribution in [3.63, 3.8) is 0 Å². The molecule has 4 aromatic rings. The van der Waals surface area contributed by atoms with Gasteiger partial charge < -0.3 is 4.42 Å². The summed E-state index contributed by atoms with van der Waals surface area (Å²) < 4.78 is 7.93. The molecule has 0 saturated carbocycles. The molecule has 0 atom stereocenters. The van der Waals surface area contributed by atoms with Gasteiger partial charge in [0, 0.05) is 15.6 Å². The van der Waals surface area contributed by atoms with Crippen LogP contribution < -0.4 is 5.32 Å². The zero-order chi connectivity index (χ0) is 18.6. The van der Waals surface area contributed by atoms with E-state index in [2.05, 4.69) is 36.3 Å². The molecular weight excluding hydrogens is 410 g/mol. The number of carbonyl (C=O) groups excluding carboxylic acids is 1. The van der Waals surface area contributed by atoms with Crippen LogP contribution in [0.5, 0.6) is 0 Å². The van der Waals surface area contributed by atoms with E-state index in [0.717, 1.165) is 15.6 Å². The number of anilines is 1. The van der Waals surface area contributed by atoms with E-state index in [1.54, 1.807) is 41.5 Å². The number of carbonyl (C=O) groups is 1. The second-order valence-electron chi connectivity index (χ2n) is 5.79. The first-order chi connectivity index (χ1) is 13.2. The second kappa shape index (κ2) is 7.55. The second-order valence-corrected chi connectivity index (χ2v) is 6.71. The number of aromatic nitrogens is 4. The molecule has 0 aliphatic heterocycles. The lowest BCUT2D eigenvalue weighted by Gasteiger charge is -2.03. The molecule has 0 spiro atoms. The average Bonchev–Trinajstić information content (AvgIpc) is 3.36. The predicted octanol–water partition coefficient (Wildman–Crippen LogP) is 4.00. The summed E-state index contributed by atoms with van der Waals surface area (Å²) in [6, 6.07) is 15.0. The minimum atomic E-state index is -0.277. The van der Waals surface area contributed by atoms with E-state index in [0.29, 0.717) is 17.9 Å². The van der Waals surface area contributed by atoms with Gasteiger partial charge in [0.1, 0.15) is 6.33 Å². The third-order valence-corrected chi connectivity index (χ3v) is 4.41. The van der Waals surface area contributed by atoms with Crippen molar-refractivity contribution < 1.29 is 9.21 Å². The highest BCUT2D eigenvalue weighted by Gasteiger charge is 2.10. The molecule has 134 valence electrons. The largest absolute Gasteiger partial charge is 0.444 e. The van der Waals surface area contributed by atoms with Crippen LogP contribution in [0.2, 0.25) is 0 Å². The predicted molar refractivity (Wildman–Crippen MR) is 103 cm³/mol. The summed E-state index contributed by atoms with van der Waals surface area (Å²) in [4.78, 5) is 20.4. The standard InChI is InChI=1S/C19H14BrN5O2/c20-16-7-1-13(2-8-16)10-25-11-22-19(24-25)23-18(26)15-5-3-14(4-6-15)17-9-21-12-27-17/h1-9,11-12H,10H2,(H,23,24,26). The van der Waals surface area contributed by atoms with Crippen LogP contribution in [-0.2, 0) is 6.54 Å². The molecule has 2 aromatic heterocycles. The zero-order valence-corrected chi connectivity index (χ0v) is 15.6. The van der Waals surface area contributed by atoms with Crippen LogP contribution in [0.1, 0.15) is 15.9 Å². The SMILES string of the molecule is O=C(Nc1ncn(Cc2ccc(Br)cc2)n1)c1ccc(-c2cnco2)cc1. The normalized spacial score (nSPS) is 10.7. The van der Waals surface area contributed by atoms with Gasteiger partial charge in [0.25, 0.3) is 5.91 Å². The van der Waals surface area contributed by atoms with E-state index in [-0.39, 0.29) is 11.9 Å². The van der Waals surface area contributed by atoms with Gasteiger partial charge in [0.15, 0.2) is 12.2 Å². The quantitative estimate of drug-likeness (QED) is 0.524. The Morgan fingerprint density at radius 3 is 2.59 bits per heavy atom. The fraction of sp³-hybridized carbons (Fsp3) is 0.0526. The van der Waals surface area contributed by atoms with E-state index in [4.69, 9.17) is 4.42 Å². The molecule has 7 nitrogen and oxygen atoms in total. The Morgan fingerprint density at radius 2 is 1.89 bits per heavy atom. The van der Waals surface area contributed by atoms with E-state index in [1.807, 2.05) is 24.3 Å². The van der Waals surface area contributed by atoms with Crippen LogP contribution in [-0.4, -0.2) is 25.7 Å². The fourth-order valence-electron chi connectivity index (χ4n) is 2.52. The summed E-state index contributed by atoms with van der Waals surface area (Å²) in [5, 5.41) is 6.99. The zero-order valence-electron chi connectivity index (χ0n) is 14.0. The van der Waals surface area contributed by atoms with Gasteiger partial charge in [-0.15, -0.1) is 5.10 Å². The Balaban J connectivity index is 1.41. The van der Waals surface area contributed by atoms with Gasteiger partial charge in [-0.2, -0.15) is 0 Å². The summed E-state index contributed by atoms with van der Waals surface area (Å²) in [7, 11) is 0. The van der Waals surface area contributed by atoms with Crippen molar-refractivity contribution in [1.29, 1.82) is 0 Å². The number of hydrogen-bond donors (Lipinski definition) is 1. The van der Waals surface area contributed by atoms with Gasteiger partial charge in [-0.25, -0.2) is 14.6 Å². The van der Waals surface area contributed by atoms with E-state index >= 15 is 0 Å². The molecule has 0 unspecified atom stereocenters. The Labute approximate surface area is 163 Å². The van der Waals surface area contributed by atoms with Crippen molar-refractivity contribution in [2.45, 2.75) is 6.54 Å². The molecule has 8 heteroatoms. The Morgan fingerprint density at radius 1 is 1.11 bits per heavy atom. The first-order valence-electron chi connectivity index (χ1n) is 8.11. The number of oxazole rings is 1. The summed E-state index contributed by atoms with van der Waals surface area (Å²) in [6.45, 7) is 0.571. The molecule has 2 aromatic carbocycles. The third kappa shape index (κ3) is 4.12. The van der Waals surface area contributed by atoms with Gasteiger partial charge in [0.2, 0.25) is 5.95 Å². The lowest BCUT2D eigenvalue weighted by molar-refractivity contribution is 0.102. The maximum Gasteiger partial charge on any atom is 0.258 e. The van der Waals surface area contributed by atoms with Crippen LogP contribution in [0.4, 0.5) is 5.95 Å². The summed E-state index contributed by atoms with van der Waals surface area (Å²) in [6.07, 6.45) is 4.58. The van der Waals surface area contributed by atoms with Crippen molar-refractivity contribution in [3.8, 4) is 11.3 Å². The highest BCUT2D eigenvalue weighted by molar-refractivity contribution is 9.10. The number of hydrogen-bond acceptors (Lipinski definition) is 5. The number of nitrogens with zero attached hydrogens (tertiary/aromatic N) is 4. The lowest BCUT2D eigenvalue weighted by atomic mass is 10.1. The van der Waals surface area contributed by atoms with Crippen LogP contribution in [0, 0.1) is 0 Å². The lowest BCUT2D eigenvalue weighted by Crippen LogP contribution is -2.13. The third-order valence-electron chi connectivity index (χ3n) is 3.88. The topological polar surface area (TPSA) is 85.8 Å². The number of amides is 1. The van der Waals surface area contributed by atoms with Gasteiger partial charge in [-0.3, -0.25) is 10.1 Å². The Bertz CT molecular complexity index is 1040. The van der Waals surface area contributed by atoms with Crippen molar-refractivity contribution in [2.75, 3.05) is 5.32 Å². The molecule has 27 heavy (non-hydrogen) atoms. The minimum Gasteiger partial charge on any atom is -0.444 e. The number of halogens is 1. The van der Waals surface area contributed by atoms with Crippen LogP contribution >= 0.6 is 15.9 Å². The molecule has 0 fully saturated rings. The molecule has 1 N–H and O–H groups in total. The number of nitrogens with one attached hydrogen (secondary N) is 1. The maximum atomic E-state index is 12.4. The molecule has 0 aliphatic carbocycles. The van der Waals surface area contributed by atoms with Crippen LogP contribution in [0.15, 0.2) is 76.3 Å². The van der Waals surface area contributed by atoms with Gasteiger partial charge >= 0.3 is 0 Å². The fourth-order valence-corrected chi connectivity index (χ4v) is 2.79. The van der Waals surface area contributed by atoms with Gasteiger partial charge in [-0.05, 0) is 29.8 Å². The Hall–Kier alpha value is -3.26. The highest BCUT2D eigenvalue weighted by atomic mass is 79.9. The molecular formula is C19H14BrN5O2. The van der Waals surface area contributed by atoms with E-state index < -0.39 is 0 Å². The summed E-state index contributed by atoms with van der Waals surface area (Å²) in [5.74, 6) is 0.632. The first kappa shape index (κ1) is 17.2.